The highest BCUT2D eigenvalue weighted by molar-refractivity contribution is 6.39. The number of ether oxygens (including phenoxy) is 1. The fourth-order valence-corrected chi connectivity index (χ4v) is 5.13. The number of carboxylic acid groups (broad SMARTS) is 1. The van der Waals surface area contributed by atoms with Gasteiger partial charge in [-0.15, -0.1) is 0 Å². The van der Waals surface area contributed by atoms with Gasteiger partial charge in [-0.2, -0.15) is 0 Å². The summed E-state index contributed by atoms with van der Waals surface area (Å²) in [5.41, 5.74) is 5.89. The summed E-state index contributed by atoms with van der Waals surface area (Å²) in [6.45, 7) is 0.864. The number of aromatic nitrogens is 1. The highest BCUT2D eigenvalue weighted by atomic mass is 35.5. The van der Waals surface area contributed by atoms with Crippen LogP contribution in [0.2, 0.25) is 10.0 Å². The Kier molecular flexibility index (Phi) is 6.42. The molecule has 0 saturated carbocycles. The van der Waals surface area contributed by atoms with E-state index < -0.39 is 5.97 Å². The van der Waals surface area contributed by atoms with Gasteiger partial charge in [0.1, 0.15) is 6.10 Å². The lowest BCUT2D eigenvalue weighted by Crippen LogP contribution is -2.15. The number of benzene rings is 3. The molecular weight excluding hydrogens is 471 g/mol. The van der Waals surface area contributed by atoms with Crippen molar-refractivity contribution in [2.24, 2.45) is 0 Å². The first kappa shape index (κ1) is 22.7. The van der Waals surface area contributed by atoms with E-state index in [-0.39, 0.29) is 11.8 Å². The van der Waals surface area contributed by atoms with Gasteiger partial charge in [-0.05, 0) is 53.3 Å². The standard InChI is InChI=1S/C27H22Cl2N2O3/c28-18-13-21(29)25-22(15-24(27(32)33)31-23(25)14-18)30-11-12-34-26-19-7-3-1-5-16(19)9-10-17-6-2-4-8-20(17)26/h1-8,13-15,26H,9-12H2,(H,30,31)(H,32,33). The van der Waals surface area contributed by atoms with Crippen LogP contribution in [0.25, 0.3) is 10.9 Å². The Labute approximate surface area is 207 Å². The molecule has 34 heavy (non-hydrogen) atoms. The third-order valence-electron chi connectivity index (χ3n) is 6.09. The van der Waals surface area contributed by atoms with E-state index in [9.17, 15) is 9.90 Å². The van der Waals surface area contributed by atoms with Crippen molar-refractivity contribution >= 4 is 45.8 Å². The number of carbonyl (C=O) groups is 1. The van der Waals surface area contributed by atoms with Gasteiger partial charge in [-0.1, -0.05) is 71.7 Å². The van der Waals surface area contributed by atoms with E-state index in [2.05, 4.69) is 46.7 Å². The molecule has 1 heterocycles. The van der Waals surface area contributed by atoms with Gasteiger partial charge < -0.3 is 15.2 Å². The molecule has 0 amide bonds. The summed E-state index contributed by atoms with van der Waals surface area (Å²) < 4.78 is 6.43. The van der Waals surface area contributed by atoms with Crippen LogP contribution in [0, 0.1) is 0 Å². The minimum Gasteiger partial charge on any atom is -0.477 e. The monoisotopic (exact) mass is 492 g/mol. The van der Waals surface area contributed by atoms with Crippen LogP contribution < -0.4 is 5.32 Å². The zero-order chi connectivity index (χ0) is 23.7. The Morgan fingerprint density at radius 2 is 1.65 bits per heavy atom. The third kappa shape index (κ3) is 4.47. The van der Waals surface area contributed by atoms with Crippen LogP contribution in [0.1, 0.15) is 38.8 Å². The number of aryl methyl sites for hydroxylation is 2. The summed E-state index contributed by atoms with van der Waals surface area (Å²) in [6.07, 6.45) is 1.79. The molecule has 172 valence electrons. The lowest BCUT2D eigenvalue weighted by Gasteiger charge is -2.21. The third-order valence-corrected chi connectivity index (χ3v) is 6.60. The summed E-state index contributed by atoms with van der Waals surface area (Å²) in [7, 11) is 0. The number of carboxylic acids is 1. The van der Waals surface area contributed by atoms with E-state index in [1.165, 1.54) is 28.3 Å². The van der Waals surface area contributed by atoms with Crippen molar-refractivity contribution in [1.29, 1.82) is 0 Å². The molecule has 1 aromatic heterocycles. The largest absolute Gasteiger partial charge is 0.477 e. The summed E-state index contributed by atoms with van der Waals surface area (Å²) in [6, 6.07) is 21.5. The maximum absolute atomic E-state index is 11.6. The van der Waals surface area contributed by atoms with Crippen molar-refractivity contribution < 1.29 is 14.6 Å². The van der Waals surface area contributed by atoms with Crippen molar-refractivity contribution in [3.8, 4) is 0 Å². The SMILES string of the molecule is O=C(O)c1cc(NCCOC2c3ccccc3CCc3ccccc32)c2c(Cl)cc(Cl)cc2n1. The maximum Gasteiger partial charge on any atom is 0.354 e. The van der Waals surface area contributed by atoms with Gasteiger partial charge >= 0.3 is 5.97 Å². The molecule has 0 atom stereocenters. The molecule has 5 nitrogen and oxygen atoms in total. The number of halogens is 2. The van der Waals surface area contributed by atoms with E-state index in [4.69, 9.17) is 27.9 Å². The van der Waals surface area contributed by atoms with E-state index in [1.54, 1.807) is 12.1 Å². The molecule has 1 aliphatic rings. The Bertz CT molecular complexity index is 1340. The number of hydrogen-bond acceptors (Lipinski definition) is 4. The van der Waals surface area contributed by atoms with Crippen LogP contribution in [0.4, 0.5) is 5.69 Å². The van der Waals surface area contributed by atoms with Crippen LogP contribution in [0.15, 0.2) is 66.7 Å². The fraction of sp³-hybridized carbons (Fsp3) is 0.185. The molecule has 3 aromatic carbocycles. The molecule has 0 fully saturated rings. The fourth-order valence-electron chi connectivity index (χ4n) is 4.55. The Morgan fingerprint density at radius 3 is 2.29 bits per heavy atom. The molecule has 0 bridgehead atoms. The zero-order valence-electron chi connectivity index (χ0n) is 18.2. The van der Waals surface area contributed by atoms with Crippen LogP contribution in [-0.2, 0) is 17.6 Å². The van der Waals surface area contributed by atoms with E-state index in [0.717, 1.165) is 12.8 Å². The van der Waals surface area contributed by atoms with Gasteiger partial charge in [-0.3, -0.25) is 0 Å². The molecule has 4 aromatic rings. The molecule has 7 heteroatoms. The topological polar surface area (TPSA) is 71.5 Å². The predicted octanol–water partition coefficient (Wildman–Crippen LogP) is 6.56. The number of hydrogen-bond donors (Lipinski definition) is 2. The van der Waals surface area contributed by atoms with E-state index >= 15 is 0 Å². The zero-order valence-corrected chi connectivity index (χ0v) is 19.7. The molecule has 0 radical (unpaired) electrons. The minimum absolute atomic E-state index is 0.0825. The lowest BCUT2D eigenvalue weighted by atomic mass is 9.97. The van der Waals surface area contributed by atoms with E-state index in [1.807, 2.05) is 12.1 Å². The predicted molar refractivity (Wildman–Crippen MR) is 135 cm³/mol. The average Bonchev–Trinajstić information content (AvgIpc) is 2.98. The molecule has 0 saturated heterocycles. The van der Waals surface area contributed by atoms with Crippen LogP contribution in [0.5, 0.6) is 0 Å². The highest BCUT2D eigenvalue weighted by Crippen LogP contribution is 2.36. The first-order chi connectivity index (χ1) is 16.5. The summed E-state index contributed by atoms with van der Waals surface area (Å²) >= 11 is 12.5. The van der Waals surface area contributed by atoms with Gasteiger partial charge in [0, 0.05) is 22.6 Å². The van der Waals surface area contributed by atoms with Crippen molar-refractivity contribution in [2.75, 3.05) is 18.5 Å². The van der Waals surface area contributed by atoms with Gasteiger partial charge in [0.15, 0.2) is 5.69 Å². The number of aromatic carboxylic acids is 1. The second kappa shape index (κ2) is 9.63. The normalized spacial score (nSPS) is 13.2. The first-order valence-electron chi connectivity index (χ1n) is 11.1. The number of rotatable bonds is 6. The van der Waals surface area contributed by atoms with Gasteiger partial charge in [0.2, 0.25) is 0 Å². The van der Waals surface area contributed by atoms with Gasteiger partial charge in [0.25, 0.3) is 0 Å². The smallest absolute Gasteiger partial charge is 0.354 e. The molecular formula is C27H22Cl2N2O3. The summed E-state index contributed by atoms with van der Waals surface area (Å²) in [4.78, 5) is 15.8. The first-order valence-corrected chi connectivity index (χ1v) is 11.8. The molecule has 0 spiro atoms. The van der Waals surface area contributed by atoms with Crippen LogP contribution >= 0.6 is 23.2 Å². The average molecular weight is 493 g/mol. The Hall–Kier alpha value is -3.12. The second-order valence-electron chi connectivity index (χ2n) is 8.22. The minimum atomic E-state index is -1.12. The van der Waals surface area contributed by atoms with Crippen molar-refractivity contribution in [3.05, 3.63) is 105 Å². The van der Waals surface area contributed by atoms with Gasteiger partial charge in [0.05, 0.1) is 17.1 Å². The lowest BCUT2D eigenvalue weighted by molar-refractivity contribution is 0.0691. The number of anilines is 1. The molecule has 0 aliphatic heterocycles. The van der Waals surface area contributed by atoms with Crippen molar-refractivity contribution in [1.82, 2.24) is 4.98 Å². The number of pyridine rings is 1. The molecule has 5 rings (SSSR count). The van der Waals surface area contributed by atoms with Crippen molar-refractivity contribution in [3.63, 3.8) is 0 Å². The Balaban J connectivity index is 1.39. The Morgan fingerprint density at radius 1 is 1.00 bits per heavy atom. The number of nitrogens with zero attached hydrogens (tertiary/aromatic N) is 1. The summed E-state index contributed by atoms with van der Waals surface area (Å²) in [5, 5.41) is 14.2. The number of nitrogens with one attached hydrogen (secondary N) is 1. The second-order valence-corrected chi connectivity index (χ2v) is 9.06. The highest BCUT2D eigenvalue weighted by Gasteiger charge is 2.24. The quantitative estimate of drug-likeness (QED) is 0.298. The number of fused-ring (bicyclic) bond motifs is 3. The van der Waals surface area contributed by atoms with Crippen LogP contribution in [0.3, 0.4) is 0 Å². The maximum atomic E-state index is 11.6. The van der Waals surface area contributed by atoms with Crippen LogP contribution in [-0.4, -0.2) is 29.2 Å². The molecule has 0 unspecified atom stereocenters. The van der Waals surface area contributed by atoms with Gasteiger partial charge in [-0.25, -0.2) is 9.78 Å². The summed E-state index contributed by atoms with van der Waals surface area (Å²) in [5.74, 6) is -1.12. The molecule has 2 N–H and O–H groups in total. The van der Waals surface area contributed by atoms with Crippen molar-refractivity contribution in [2.45, 2.75) is 18.9 Å². The molecule has 1 aliphatic carbocycles. The van der Waals surface area contributed by atoms with E-state index in [0.29, 0.717) is 39.8 Å².